The van der Waals surface area contributed by atoms with E-state index < -0.39 is 0 Å². The molecule has 18 heavy (non-hydrogen) atoms. The van der Waals surface area contributed by atoms with E-state index >= 15 is 0 Å². The fourth-order valence-corrected chi connectivity index (χ4v) is 1.94. The Labute approximate surface area is 110 Å². The van der Waals surface area contributed by atoms with E-state index in [-0.39, 0.29) is 0 Å². The molecule has 0 aromatic heterocycles. The minimum absolute atomic E-state index is 0.427. The second kappa shape index (κ2) is 6.90. The van der Waals surface area contributed by atoms with Gasteiger partial charge in [-0.3, -0.25) is 0 Å². The first-order valence-electron chi connectivity index (χ1n) is 6.59. The molecule has 0 aliphatic rings. The molecule has 0 spiro atoms. The van der Waals surface area contributed by atoms with Gasteiger partial charge in [0, 0.05) is 11.7 Å². The van der Waals surface area contributed by atoms with E-state index in [4.69, 9.17) is 11.0 Å². The normalized spacial score (nSPS) is 12.2. The quantitative estimate of drug-likeness (QED) is 0.750. The Kier molecular flexibility index (Phi) is 5.51. The Morgan fingerprint density at radius 1 is 1.28 bits per heavy atom. The van der Waals surface area contributed by atoms with Crippen molar-refractivity contribution in [3.8, 4) is 6.07 Å². The minimum Gasteiger partial charge on any atom is -0.398 e. The van der Waals surface area contributed by atoms with Crippen molar-refractivity contribution in [3.05, 3.63) is 23.8 Å². The van der Waals surface area contributed by atoms with Crippen molar-refractivity contribution in [2.75, 3.05) is 11.1 Å². The van der Waals surface area contributed by atoms with Crippen LogP contribution in [0, 0.1) is 17.2 Å². The molecule has 0 amide bonds. The second-order valence-electron chi connectivity index (χ2n) is 5.28. The van der Waals surface area contributed by atoms with Crippen molar-refractivity contribution < 1.29 is 0 Å². The molecule has 0 bridgehead atoms. The SMILES string of the molecule is CC(C)CCCC(C)Nc1ccc(C#N)c(N)c1. The number of nitrogen functional groups attached to an aromatic ring is 1. The Morgan fingerprint density at radius 2 is 2.00 bits per heavy atom. The molecule has 3 nitrogen and oxygen atoms in total. The molecule has 98 valence electrons. The molecule has 1 unspecified atom stereocenters. The lowest BCUT2D eigenvalue weighted by Gasteiger charge is -2.16. The summed E-state index contributed by atoms with van der Waals surface area (Å²) in [4.78, 5) is 0. The molecule has 0 saturated carbocycles. The molecule has 0 heterocycles. The summed E-state index contributed by atoms with van der Waals surface area (Å²) < 4.78 is 0. The Hall–Kier alpha value is -1.69. The van der Waals surface area contributed by atoms with Gasteiger partial charge in [0.1, 0.15) is 6.07 Å². The molecule has 1 atom stereocenters. The number of hydrogen-bond donors (Lipinski definition) is 2. The van der Waals surface area contributed by atoms with Crippen molar-refractivity contribution in [2.24, 2.45) is 5.92 Å². The Morgan fingerprint density at radius 3 is 2.56 bits per heavy atom. The molecule has 0 radical (unpaired) electrons. The number of anilines is 2. The van der Waals surface area contributed by atoms with Gasteiger partial charge < -0.3 is 11.1 Å². The summed E-state index contributed by atoms with van der Waals surface area (Å²) >= 11 is 0. The first kappa shape index (κ1) is 14.4. The van der Waals surface area contributed by atoms with Gasteiger partial charge in [-0.25, -0.2) is 0 Å². The van der Waals surface area contributed by atoms with Gasteiger partial charge in [-0.2, -0.15) is 5.26 Å². The van der Waals surface area contributed by atoms with Crippen molar-refractivity contribution in [1.29, 1.82) is 5.26 Å². The zero-order valence-electron chi connectivity index (χ0n) is 11.5. The molecule has 0 saturated heterocycles. The number of nitriles is 1. The lowest BCUT2D eigenvalue weighted by molar-refractivity contribution is 0.520. The lowest BCUT2D eigenvalue weighted by atomic mass is 10.0. The molecule has 3 heteroatoms. The highest BCUT2D eigenvalue weighted by molar-refractivity contribution is 5.62. The summed E-state index contributed by atoms with van der Waals surface area (Å²) in [7, 11) is 0. The van der Waals surface area contributed by atoms with Gasteiger partial charge in [0.25, 0.3) is 0 Å². The van der Waals surface area contributed by atoms with E-state index in [1.54, 1.807) is 6.07 Å². The predicted molar refractivity (Wildman–Crippen MR) is 77.3 cm³/mol. The number of nitrogens with two attached hydrogens (primary N) is 1. The van der Waals surface area contributed by atoms with Crippen molar-refractivity contribution in [2.45, 2.75) is 46.1 Å². The van der Waals surface area contributed by atoms with E-state index in [9.17, 15) is 0 Å². The topological polar surface area (TPSA) is 61.8 Å². The zero-order chi connectivity index (χ0) is 13.5. The van der Waals surface area contributed by atoms with Gasteiger partial charge in [0.2, 0.25) is 0 Å². The average molecular weight is 245 g/mol. The van der Waals surface area contributed by atoms with E-state index in [2.05, 4.69) is 32.2 Å². The van der Waals surface area contributed by atoms with E-state index in [0.29, 0.717) is 17.3 Å². The summed E-state index contributed by atoms with van der Waals surface area (Å²) in [6, 6.07) is 8.00. The summed E-state index contributed by atoms with van der Waals surface area (Å²) in [5, 5.41) is 12.2. The highest BCUT2D eigenvalue weighted by Crippen LogP contribution is 2.19. The average Bonchev–Trinajstić information content (AvgIpc) is 2.28. The van der Waals surface area contributed by atoms with Crippen LogP contribution in [-0.4, -0.2) is 6.04 Å². The molecular formula is C15H23N3. The van der Waals surface area contributed by atoms with Crippen LogP contribution in [0.4, 0.5) is 11.4 Å². The van der Waals surface area contributed by atoms with Crippen LogP contribution >= 0.6 is 0 Å². The monoisotopic (exact) mass is 245 g/mol. The first-order chi connectivity index (χ1) is 8.52. The lowest BCUT2D eigenvalue weighted by Crippen LogP contribution is -2.15. The highest BCUT2D eigenvalue weighted by Gasteiger charge is 2.05. The Bertz CT molecular complexity index is 418. The maximum absolute atomic E-state index is 8.81. The molecule has 3 N–H and O–H groups in total. The molecule has 0 aliphatic carbocycles. The standard InChI is InChI=1S/C15H23N3/c1-11(2)5-4-6-12(3)18-14-8-7-13(10-16)15(17)9-14/h7-9,11-12,18H,4-6,17H2,1-3H3. The number of nitrogens with one attached hydrogen (secondary N) is 1. The van der Waals surface area contributed by atoms with Crippen LogP contribution in [0.15, 0.2) is 18.2 Å². The minimum atomic E-state index is 0.427. The van der Waals surface area contributed by atoms with Crippen LogP contribution in [0.3, 0.4) is 0 Å². The van der Waals surface area contributed by atoms with Crippen LogP contribution < -0.4 is 11.1 Å². The summed E-state index contributed by atoms with van der Waals surface area (Å²) in [6.45, 7) is 6.67. The molecule has 1 rings (SSSR count). The fourth-order valence-electron chi connectivity index (χ4n) is 1.94. The van der Waals surface area contributed by atoms with Crippen LogP contribution in [0.25, 0.3) is 0 Å². The number of benzene rings is 1. The third-order valence-corrected chi connectivity index (χ3v) is 3.00. The van der Waals surface area contributed by atoms with Crippen molar-refractivity contribution in [1.82, 2.24) is 0 Å². The van der Waals surface area contributed by atoms with Crippen LogP contribution in [0.5, 0.6) is 0 Å². The maximum Gasteiger partial charge on any atom is 0.101 e. The third-order valence-electron chi connectivity index (χ3n) is 3.00. The largest absolute Gasteiger partial charge is 0.398 e. The van der Waals surface area contributed by atoms with Crippen molar-refractivity contribution >= 4 is 11.4 Å². The fraction of sp³-hybridized carbons (Fsp3) is 0.533. The second-order valence-corrected chi connectivity index (χ2v) is 5.28. The molecule has 0 aliphatic heterocycles. The summed E-state index contributed by atoms with van der Waals surface area (Å²) in [5.41, 5.74) is 7.85. The third kappa shape index (κ3) is 4.67. The number of hydrogen-bond acceptors (Lipinski definition) is 3. The molecular weight excluding hydrogens is 222 g/mol. The number of nitrogens with zero attached hydrogens (tertiary/aromatic N) is 1. The van der Waals surface area contributed by atoms with Gasteiger partial charge in [-0.05, 0) is 37.5 Å². The van der Waals surface area contributed by atoms with Gasteiger partial charge >= 0.3 is 0 Å². The van der Waals surface area contributed by atoms with E-state index in [1.807, 2.05) is 12.1 Å². The molecule has 1 aromatic carbocycles. The van der Waals surface area contributed by atoms with E-state index in [1.165, 1.54) is 12.8 Å². The van der Waals surface area contributed by atoms with Crippen LogP contribution in [0.2, 0.25) is 0 Å². The predicted octanol–water partition coefficient (Wildman–Crippen LogP) is 3.77. The van der Waals surface area contributed by atoms with Gasteiger partial charge in [-0.15, -0.1) is 0 Å². The molecule has 1 aromatic rings. The smallest absolute Gasteiger partial charge is 0.101 e. The number of rotatable bonds is 6. The van der Waals surface area contributed by atoms with E-state index in [0.717, 1.165) is 18.0 Å². The van der Waals surface area contributed by atoms with Gasteiger partial charge in [-0.1, -0.05) is 26.7 Å². The van der Waals surface area contributed by atoms with Crippen LogP contribution in [0.1, 0.15) is 45.6 Å². The zero-order valence-corrected chi connectivity index (χ0v) is 11.5. The Balaban J connectivity index is 2.47. The highest BCUT2D eigenvalue weighted by atomic mass is 14.9. The first-order valence-corrected chi connectivity index (χ1v) is 6.59. The summed E-state index contributed by atoms with van der Waals surface area (Å²) in [5.74, 6) is 0.766. The van der Waals surface area contributed by atoms with Crippen LogP contribution in [-0.2, 0) is 0 Å². The van der Waals surface area contributed by atoms with Gasteiger partial charge in [0.15, 0.2) is 0 Å². The summed E-state index contributed by atoms with van der Waals surface area (Å²) in [6.07, 6.45) is 3.65. The maximum atomic E-state index is 8.81. The van der Waals surface area contributed by atoms with Gasteiger partial charge in [0.05, 0.1) is 11.3 Å². The van der Waals surface area contributed by atoms with Crippen molar-refractivity contribution in [3.63, 3.8) is 0 Å². The molecule has 0 fully saturated rings.